The van der Waals surface area contributed by atoms with E-state index in [1.54, 1.807) is 13.2 Å². The van der Waals surface area contributed by atoms with Gasteiger partial charge in [0.25, 0.3) is 0 Å². The molecule has 0 radical (unpaired) electrons. The summed E-state index contributed by atoms with van der Waals surface area (Å²) in [7, 11) is 1.67. The summed E-state index contributed by atoms with van der Waals surface area (Å²) in [5.74, 6) is 0.756. The van der Waals surface area contributed by atoms with Gasteiger partial charge in [-0.2, -0.15) is 0 Å². The zero-order valence-corrected chi connectivity index (χ0v) is 21.4. The van der Waals surface area contributed by atoms with E-state index in [9.17, 15) is 4.79 Å². The highest BCUT2D eigenvalue weighted by Crippen LogP contribution is 2.41. The van der Waals surface area contributed by atoms with Crippen molar-refractivity contribution in [2.24, 2.45) is 0 Å². The SMILES string of the molecule is COc1c(/C(C)=C/C(=O)N2CCc3ccccc3C2)cc2c(-c3ccc4ccccc4c3)coc2c1C. The van der Waals surface area contributed by atoms with Gasteiger partial charge in [-0.15, -0.1) is 0 Å². The Balaban J connectivity index is 1.40. The smallest absolute Gasteiger partial charge is 0.247 e. The molecule has 1 aliphatic heterocycles. The quantitative estimate of drug-likeness (QED) is 0.246. The molecule has 0 N–H and O–H groups in total. The number of carbonyl (C=O) groups excluding carboxylic acids is 1. The zero-order valence-electron chi connectivity index (χ0n) is 21.4. The third-order valence-electron chi connectivity index (χ3n) is 7.52. The fraction of sp³-hybridized carbons (Fsp3) is 0.182. The van der Waals surface area contributed by atoms with Gasteiger partial charge in [-0.3, -0.25) is 4.79 Å². The Hall–Kier alpha value is -4.31. The summed E-state index contributed by atoms with van der Waals surface area (Å²) >= 11 is 0. The lowest BCUT2D eigenvalue weighted by atomic mass is 9.95. The number of amides is 1. The van der Waals surface area contributed by atoms with E-state index in [1.165, 1.54) is 21.9 Å². The molecule has 1 aliphatic rings. The monoisotopic (exact) mass is 487 g/mol. The van der Waals surface area contributed by atoms with Crippen LogP contribution < -0.4 is 4.74 Å². The summed E-state index contributed by atoms with van der Waals surface area (Å²) in [4.78, 5) is 15.2. The fourth-order valence-electron chi connectivity index (χ4n) is 5.49. The molecular formula is C33H29NO3. The van der Waals surface area contributed by atoms with Gasteiger partial charge in [-0.25, -0.2) is 0 Å². The van der Waals surface area contributed by atoms with Crippen molar-refractivity contribution < 1.29 is 13.9 Å². The molecule has 1 amide bonds. The largest absolute Gasteiger partial charge is 0.496 e. The van der Waals surface area contributed by atoms with Crippen molar-refractivity contribution in [3.63, 3.8) is 0 Å². The van der Waals surface area contributed by atoms with Crippen LogP contribution in [0.5, 0.6) is 5.75 Å². The molecule has 5 aromatic rings. The lowest BCUT2D eigenvalue weighted by Gasteiger charge is -2.28. The van der Waals surface area contributed by atoms with Crippen LogP contribution in [0.2, 0.25) is 0 Å². The molecule has 4 nitrogen and oxygen atoms in total. The van der Waals surface area contributed by atoms with Gasteiger partial charge in [-0.05, 0) is 65.4 Å². The van der Waals surface area contributed by atoms with Crippen LogP contribution in [-0.2, 0) is 17.8 Å². The minimum Gasteiger partial charge on any atom is -0.496 e. The number of hydrogen-bond acceptors (Lipinski definition) is 3. The number of nitrogens with zero attached hydrogens (tertiary/aromatic N) is 1. The summed E-state index contributed by atoms with van der Waals surface area (Å²) < 4.78 is 11.9. The molecule has 4 heteroatoms. The highest BCUT2D eigenvalue weighted by molar-refractivity contribution is 6.02. The number of ether oxygens (including phenoxy) is 1. The number of aryl methyl sites for hydroxylation is 1. The predicted molar refractivity (Wildman–Crippen MR) is 150 cm³/mol. The Morgan fingerprint density at radius 2 is 1.73 bits per heavy atom. The fourth-order valence-corrected chi connectivity index (χ4v) is 5.49. The first-order chi connectivity index (χ1) is 18.0. The zero-order chi connectivity index (χ0) is 25.5. The lowest BCUT2D eigenvalue weighted by Crippen LogP contribution is -2.34. The van der Waals surface area contributed by atoms with Crippen LogP contribution in [0.3, 0.4) is 0 Å². The van der Waals surface area contributed by atoms with Crippen molar-refractivity contribution in [2.75, 3.05) is 13.7 Å². The first kappa shape index (κ1) is 23.1. The maximum absolute atomic E-state index is 13.3. The normalized spacial score (nSPS) is 13.7. The Labute approximate surface area is 216 Å². The minimum absolute atomic E-state index is 0.0220. The van der Waals surface area contributed by atoms with Gasteiger partial charge < -0.3 is 14.1 Å². The van der Waals surface area contributed by atoms with Crippen molar-refractivity contribution in [1.29, 1.82) is 0 Å². The van der Waals surface area contributed by atoms with Crippen LogP contribution in [0.4, 0.5) is 0 Å². The number of furan rings is 1. The molecule has 1 aromatic heterocycles. The molecule has 0 unspecified atom stereocenters. The van der Waals surface area contributed by atoms with Gasteiger partial charge in [0.1, 0.15) is 11.3 Å². The van der Waals surface area contributed by atoms with E-state index >= 15 is 0 Å². The molecule has 0 atom stereocenters. The molecule has 6 rings (SSSR count). The second-order valence-corrected chi connectivity index (χ2v) is 9.78. The standard InChI is InChI=1S/C33H29NO3/c1-21(16-31(35)34-15-14-24-9-5-7-11-27(24)19-34)28-18-29-30(20-37-33(29)22(2)32(28)36-3)26-13-12-23-8-4-6-10-25(23)17-26/h4-13,16-18,20H,14-15,19H2,1-3H3/b21-16+. The summed E-state index contributed by atoms with van der Waals surface area (Å²) in [6.07, 6.45) is 4.44. The van der Waals surface area contributed by atoms with Crippen LogP contribution in [-0.4, -0.2) is 24.5 Å². The van der Waals surface area contributed by atoms with Crippen molar-refractivity contribution in [3.05, 3.63) is 107 Å². The third kappa shape index (κ3) is 4.09. The van der Waals surface area contributed by atoms with Crippen molar-refractivity contribution in [1.82, 2.24) is 4.90 Å². The second-order valence-electron chi connectivity index (χ2n) is 9.78. The van der Waals surface area contributed by atoms with E-state index in [-0.39, 0.29) is 5.91 Å². The number of fused-ring (bicyclic) bond motifs is 3. The van der Waals surface area contributed by atoms with E-state index < -0.39 is 0 Å². The Morgan fingerprint density at radius 3 is 2.54 bits per heavy atom. The Kier molecular flexibility index (Phi) is 5.80. The average molecular weight is 488 g/mol. The maximum atomic E-state index is 13.3. The van der Waals surface area contributed by atoms with E-state index in [1.807, 2.05) is 31.1 Å². The van der Waals surface area contributed by atoms with Crippen molar-refractivity contribution in [2.45, 2.75) is 26.8 Å². The first-order valence-electron chi connectivity index (χ1n) is 12.7. The molecule has 37 heavy (non-hydrogen) atoms. The molecule has 0 saturated heterocycles. The molecule has 0 saturated carbocycles. The summed E-state index contributed by atoms with van der Waals surface area (Å²) in [5.41, 5.74) is 8.18. The molecule has 4 aromatic carbocycles. The van der Waals surface area contributed by atoms with Gasteiger partial charge in [0.15, 0.2) is 0 Å². The molecule has 0 aliphatic carbocycles. The number of allylic oxidation sites excluding steroid dienone is 1. The van der Waals surface area contributed by atoms with Crippen LogP contribution in [0.25, 0.3) is 38.4 Å². The highest BCUT2D eigenvalue weighted by atomic mass is 16.5. The van der Waals surface area contributed by atoms with Crippen LogP contribution in [0, 0.1) is 6.92 Å². The number of methoxy groups -OCH3 is 1. The highest BCUT2D eigenvalue weighted by Gasteiger charge is 2.22. The van der Waals surface area contributed by atoms with Gasteiger partial charge in [0, 0.05) is 41.2 Å². The Morgan fingerprint density at radius 1 is 0.973 bits per heavy atom. The van der Waals surface area contributed by atoms with E-state index in [0.29, 0.717) is 6.54 Å². The third-order valence-corrected chi connectivity index (χ3v) is 7.52. The van der Waals surface area contributed by atoms with Gasteiger partial charge in [0.2, 0.25) is 5.91 Å². The molecule has 0 bridgehead atoms. The topological polar surface area (TPSA) is 42.7 Å². The molecular weight excluding hydrogens is 458 g/mol. The second kappa shape index (κ2) is 9.29. The minimum atomic E-state index is 0.0220. The molecule has 0 fully saturated rings. The summed E-state index contributed by atoms with van der Waals surface area (Å²) in [6.45, 7) is 5.36. The predicted octanol–water partition coefficient (Wildman–Crippen LogP) is 7.56. The van der Waals surface area contributed by atoms with Gasteiger partial charge in [0.05, 0.1) is 13.4 Å². The average Bonchev–Trinajstić information content (AvgIpc) is 3.36. The summed E-state index contributed by atoms with van der Waals surface area (Å²) in [5, 5.41) is 3.40. The molecule has 0 spiro atoms. The number of benzene rings is 4. The van der Waals surface area contributed by atoms with E-state index in [0.717, 1.165) is 57.5 Å². The lowest BCUT2D eigenvalue weighted by molar-refractivity contribution is -0.126. The number of carbonyl (C=O) groups is 1. The van der Waals surface area contributed by atoms with E-state index in [2.05, 4.69) is 66.7 Å². The van der Waals surface area contributed by atoms with Gasteiger partial charge >= 0.3 is 0 Å². The van der Waals surface area contributed by atoms with Crippen LogP contribution in [0.1, 0.15) is 29.2 Å². The van der Waals surface area contributed by atoms with Crippen molar-refractivity contribution in [3.8, 4) is 16.9 Å². The molecule has 184 valence electrons. The van der Waals surface area contributed by atoms with E-state index in [4.69, 9.17) is 9.15 Å². The number of rotatable bonds is 4. The van der Waals surface area contributed by atoms with Gasteiger partial charge in [-0.1, -0.05) is 60.7 Å². The first-order valence-corrected chi connectivity index (χ1v) is 12.7. The number of hydrogen-bond donors (Lipinski definition) is 0. The molecule has 2 heterocycles. The van der Waals surface area contributed by atoms with Crippen LogP contribution >= 0.6 is 0 Å². The summed E-state index contributed by atoms with van der Waals surface area (Å²) in [6, 6.07) is 25.3. The van der Waals surface area contributed by atoms with Crippen LogP contribution in [0.15, 0.2) is 89.6 Å². The van der Waals surface area contributed by atoms with Crippen molar-refractivity contribution >= 4 is 33.2 Å². The maximum Gasteiger partial charge on any atom is 0.247 e. The Bertz CT molecular complexity index is 1690.